The highest BCUT2D eigenvalue weighted by Gasteiger charge is 2.47. The zero-order chi connectivity index (χ0) is 14.2. The van der Waals surface area contributed by atoms with Crippen LogP contribution in [-0.2, 0) is 0 Å². The van der Waals surface area contributed by atoms with Gasteiger partial charge in [0.2, 0.25) is 0 Å². The van der Waals surface area contributed by atoms with Crippen LogP contribution in [0.2, 0.25) is 5.02 Å². The van der Waals surface area contributed by atoms with Gasteiger partial charge >= 0.3 is 0 Å². The van der Waals surface area contributed by atoms with Crippen LogP contribution in [0.3, 0.4) is 0 Å². The number of carbonyl (C=O) groups excluding carboxylic acids is 1. The Kier molecular flexibility index (Phi) is 3.74. The first-order chi connectivity index (χ1) is 8.86. The van der Waals surface area contributed by atoms with Crippen molar-refractivity contribution in [1.29, 1.82) is 0 Å². The minimum Gasteiger partial charge on any atom is -0.392 e. The molecule has 1 aliphatic carbocycles. The summed E-state index contributed by atoms with van der Waals surface area (Å²) in [6.45, 7) is 4.02. The third-order valence-corrected chi connectivity index (χ3v) is 4.33. The number of hydrogen-bond donors (Lipinski definition) is 3. The second kappa shape index (κ2) is 5.02. The molecule has 2 rings (SSSR count). The smallest absolute Gasteiger partial charge is 0.251 e. The molecule has 1 aromatic rings. The average Bonchev–Trinajstić information content (AvgIpc) is 2.39. The number of carbonyl (C=O) groups is 1. The molecule has 0 spiro atoms. The number of benzene rings is 1. The third kappa shape index (κ3) is 2.55. The first kappa shape index (κ1) is 14.2. The summed E-state index contributed by atoms with van der Waals surface area (Å²) in [5, 5.41) is 16.2. The molecule has 0 aromatic heterocycles. The molecule has 0 saturated heterocycles. The minimum atomic E-state index is -0.300. The van der Waals surface area contributed by atoms with Gasteiger partial charge in [-0.25, -0.2) is 0 Å². The fraction of sp³-hybridized carbons (Fsp3) is 0.500. The lowest BCUT2D eigenvalue weighted by molar-refractivity contribution is -0.0510. The Balaban J connectivity index is 2.19. The zero-order valence-corrected chi connectivity index (χ0v) is 12.1. The summed E-state index contributed by atoms with van der Waals surface area (Å²) in [4.78, 5) is 11.6. The summed E-state index contributed by atoms with van der Waals surface area (Å²) < 4.78 is 0. The lowest BCUT2D eigenvalue weighted by atomic mass is 9.64. The van der Waals surface area contributed by atoms with Crippen molar-refractivity contribution < 1.29 is 9.90 Å². The molecule has 0 aliphatic heterocycles. The summed E-state index contributed by atoms with van der Waals surface area (Å²) in [6, 6.07) is 5.28. The van der Waals surface area contributed by atoms with E-state index in [0.29, 0.717) is 17.0 Å². The van der Waals surface area contributed by atoms with Crippen molar-refractivity contribution in [3.63, 3.8) is 0 Å². The van der Waals surface area contributed by atoms with Gasteiger partial charge < -0.3 is 15.7 Å². The van der Waals surface area contributed by atoms with Crippen LogP contribution in [0.4, 0.5) is 5.69 Å². The van der Waals surface area contributed by atoms with E-state index >= 15 is 0 Å². The minimum absolute atomic E-state index is 0.146. The van der Waals surface area contributed by atoms with E-state index in [4.69, 9.17) is 11.6 Å². The van der Waals surface area contributed by atoms with Crippen LogP contribution in [0.5, 0.6) is 0 Å². The highest BCUT2D eigenvalue weighted by atomic mass is 35.5. The van der Waals surface area contributed by atoms with E-state index in [1.165, 1.54) is 0 Å². The Bertz CT molecular complexity index is 502. The molecule has 1 saturated carbocycles. The molecule has 2 atom stereocenters. The maximum Gasteiger partial charge on any atom is 0.251 e. The maximum absolute atomic E-state index is 11.6. The second-order valence-electron chi connectivity index (χ2n) is 5.54. The predicted molar refractivity (Wildman–Crippen MR) is 76.7 cm³/mol. The standard InChI is InChI=1S/C14H19ClN2O2/c1-14(2)11(7-12(14)18)17-10-6-8(13(19)16-3)4-5-9(10)15/h4-6,11-12,17-18H,7H2,1-3H3,(H,16,19). The fourth-order valence-corrected chi connectivity index (χ4v) is 2.43. The van der Waals surface area contributed by atoms with Crippen molar-refractivity contribution in [3.8, 4) is 0 Å². The molecule has 1 aliphatic rings. The Morgan fingerprint density at radius 1 is 1.47 bits per heavy atom. The van der Waals surface area contributed by atoms with E-state index in [0.717, 1.165) is 5.69 Å². The molecule has 2 unspecified atom stereocenters. The van der Waals surface area contributed by atoms with Crippen molar-refractivity contribution in [3.05, 3.63) is 28.8 Å². The first-order valence-corrected chi connectivity index (χ1v) is 6.70. The van der Waals surface area contributed by atoms with Crippen LogP contribution in [0, 0.1) is 5.41 Å². The van der Waals surface area contributed by atoms with Gasteiger partial charge in [0.15, 0.2) is 0 Å². The van der Waals surface area contributed by atoms with Crippen molar-refractivity contribution >= 4 is 23.2 Å². The van der Waals surface area contributed by atoms with Crippen LogP contribution in [0.1, 0.15) is 30.6 Å². The summed E-state index contributed by atoms with van der Waals surface area (Å²) in [6.07, 6.45) is 0.388. The third-order valence-electron chi connectivity index (χ3n) is 4.00. The van der Waals surface area contributed by atoms with Crippen LogP contribution < -0.4 is 10.6 Å². The fourth-order valence-electron chi connectivity index (χ4n) is 2.26. The highest BCUT2D eigenvalue weighted by molar-refractivity contribution is 6.33. The number of aliphatic hydroxyl groups excluding tert-OH is 1. The number of nitrogens with one attached hydrogen (secondary N) is 2. The Labute approximate surface area is 118 Å². The van der Waals surface area contributed by atoms with Gasteiger partial charge in [-0.1, -0.05) is 25.4 Å². The average molecular weight is 283 g/mol. The molecule has 5 heteroatoms. The van der Waals surface area contributed by atoms with E-state index in [1.807, 2.05) is 13.8 Å². The number of amides is 1. The molecule has 1 fully saturated rings. The van der Waals surface area contributed by atoms with E-state index in [9.17, 15) is 9.90 Å². The molecule has 0 radical (unpaired) electrons. The topological polar surface area (TPSA) is 61.4 Å². The van der Waals surface area contributed by atoms with Crippen molar-refractivity contribution in [2.75, 3.05) is 12.4 Å². The largest absolute Gasteiger partial charge is 0.392 e. The number of halogens is 1. The molecule has 0 heterocycles. The van der Waals surface area contributed by atoms with Crippen LogP contribution in [-0.4, -0.2) is 30.2 Å². The first-order valence-electron chi connectivity index (χ1n) is 6.32. The van der Waals surface area contributed by atoms with Gasteiger partial charge in [0.25, 0.3) is 5.91 Å². The Morgan fingerprint density at radius 3 is 2.68 bits per heavy atom. The van der Waals surface area contributed by atoms with Gasteiger partial charge in [-0.05, 0) is 24.6 Å². The Hall–Kier alpha value is -1.26. The van der Waals surface area contributed by atoms with Crippen molar-refractivity contribution in [2.45, 2.75) is 32.4 Å². The second-order valence-corrected chi connectivity index (χ2v) is 5.95. The van der Waals surface area contributed by atoms with E-state index in [1.54, 1.807) is 25.2 Å². The summed E-state index contributed by atoms with van der Waals surface area (Å²) in [5.41, 5.74) is 1.10. The lowest BCUT2D eigenvalue weighted by Crippen LogP contribution is -2.56. The highest BCUT2D eigenvalue weighted by Crippen LogP contribution is 2.43. The molecule has 3 N–H and O–H groups in total. The SMILES string of the molecule is CNC(=O)c1ccc(Cl)c(NC2CC(O)C2(C)C)c1. The maximum atomic E-state index is 11.6. The quantitative estimate of drug-likeness (QED) is 0.797. The van der Waals surface area contributed by atoms with Gasteiger partial charge in [-0.2, -0.15) is 0 Å². The van der Waals surface area contributed by atoms with Gasteiger partial charge in [-0.15, -0.1) is 0 Å². The number of rotatable bonds is 3. The summed E-state index contributed by atoms with van der Waals surface area (Å²) >= 11 is 6.14. The summed E-state index contributed by atoms with van der Waals surface area (Å²) in [5.74, 6) is -0.146. The monoisotopic (exact) mass is 282 g/mol. The number of anilines is 1. The van der Waals surface area contributed by atoms with Crippen molar-refractivity contribution in [1.82, 2.24) is 5.32 Å². The van der Waals surface area contributed by atoms with Gasteiger partial charge in [0.1, 0.15) is 0 Å². The van der Waals surface area contributed by atoms with Gasteiger partial charge in [-0.3, -0.25) is 4.79 Å². The van der Waals surface area contributed by atoms with Crippen LogP contribution in [0.15, 0.2) is 18.2 Å². The molecule has 1 amide bonds. The molecule has 104 valence electrons. The predicted octanol–water partition coefficient (Wildman–Crippen LogP) is 2.27. The molecular weight excluding hydrogens is 264 g/mol. The van der Waals surface area contributed by atoms with E-state index < -0.39 is 0 Å². The molecule has 1 aromatic carbocycles. The Morgan fingerprint density at radius 2 is 2.16 bits per heavy atom. The number of aliphatic hydroxyl groups is 1. The molecule has 19 heavy (non-hydrogen) atoms. The van der Waals surface area contributed by atoms with Crippen LogP contribution in [0.25, 0.3) is 0 Å². The molecular formula is C14H19ClN2O2. The normalized spacial score (nSPS) is 24.5. The lowest BCUT2D eigenvalue weighted by Gasteiger charge is -2.50. The number of hydrogen-bond acceptors (Lipinski definition) is 3. The van der Waals surface area contributed by atoms with Crippen molar-refractivity contribution in [2.24, 2.45) is 5.41 Å². The zero-order valence-electron chi connectivity index (χ0n) is 11.3. The molecule has 0 bridgehead atoms. The van der Waals surface area contributed by atoms with Gasteiger partial charge in [0, 0.05) is 24.1 Å². The summed E-state index contributed by atoms with van der Waals surface area (Å²) in [7, 11) is 1.59. The van der Waals surface area contributed by atoms with E-state index in [-0.39, 0.29) is 23.5 Å². The molecule has 4 nitrogen and oxygen atoms in total. The van der Waals surface area contributed by atoms with Crippen LogP contribution >= 0.6 is 11.6 Å². The van der Waals surface area contributed by atoms with Gasteiger partial charge in [0.05, 0.1) is 16.8 Å². The van der Waals surface area contributed by atoms with E-state index in [2.05, 4.69) is 10.6 Å².